The van der Waals surface area contributed by atoms with E-state index in [1.165, 1.54) is 11.1 Å². The van der Waals surface area contributed by atoms with Gasteiger partial charge < -0.3 is 19.7 Å². The zero-order valence-corrected chi connectivity index (χ0v) is 19.9. The minimum absolute atomic E-state index is 0.207. The van der Waals surface area contributed by atoms with E-state index < -0.39 is 24.3 Å². The number of morpholine rings is 1. The van der Waals surface area contributed by atoms with E-state index in [0.717, 1.165) is 32.5 Å². The molecule has 15 heteroatoms. The van der Waals surface area contributed by atoms with Crippen LogP contribution in [0.3, 0.4) is 0 Å². The molecule has 0 radical (unpaired) electrons. The van der Waals surface area contributed by atoms with Gasteiger partial charge in [0.2, 0.25) is 0 Å². The number of alkyl halides is 6. The van der Waals surface area contributed by atoms with Crippen molar-refractivity contribution in [1.29, 1.82) is 0 Å². The molecule has 0 unspecified atom stereocenters. The summed E-state index contributed by atoms with van der Waals surface area (Å²) in [4.78, 5) is 24.4. The number of rotatable bonds is 5. The molecule has 0 bridgehead atoms. The highest BCUT2D eigenvalue weighted by Crippen LogP contribution is 2.33. The summed E-state index contributed by atoms with van der Waals surface area (Å²) in [6, 6.07) is 6.74. The molecule has 2 fully saturated rings. The van der Waals surface area contributed by atoms with Crippen molar-refractivity contribution >= 4 is 23.3 Å². The Morgan fingerprint density at radius 2 is 1.62 bits per heavy atom. The van der Waals surface area contributed by atoms with Gasteiger partial charge in [0.25, 0.3) is 0 Å². The molecule has 8 nitrogen and oxygen atoms in total. The molecule has 2 aromatic rings. The number of aromatic nitrogens is 1. The van der Waals surface area contributed by atoms with Crippen molar-refractivity contribution in [2.24, 2.45) is 0 Å². The second-order valence-corrected chi connectivity index (χ2v) is 8.67. The Morgan fingerprint density at radius 1 is 1.03 bits per heavy atom. The number of fused-ring (bicyclic) bond motifs is 1. The fourth-order valence-corrected chi connectivity index (χ4v) is 4.33. The number of carboxylic acid groups (broad SMARTS) is 2. The first-order chi connectivity index (χ1) is 17.3. The third-order valence-corrected chi connectivity index (χ3v) is 6.05. The van der Waals surface area contributed by atoms with Crippen molar-refractivity contribution in [3.05, 3.63) is 52.5 Å². The zero-order chi connectivity index (χ0) is 27.6. The van der Waals surface area contributed by atoms with Crippen LogP contribution in [0.1, 0.15) is 24.0 Å². The fraction of sp³-hybridized carbons (Fsp3) is 0.500. The number of hydrogen-bond acceptors (Lipinski definition) is 7. The molecule has 1 aliphatic carbocycles. The van der Waals surface area contributed by atoms with Crippen molar-refractivity contribution in [2.75, 3.05) is 13.2 Å². The predicted octanol–water partition coefficient (Wildman–Crippen LogP) is 4.36. The summed E-state index contributed by atoms with van der Waals surface area (Å²) in [6.07, 6.45) is -3.87. The lowest BCUT2D eigenvalue weighted by Crippen LogP contribution is -2.51. The van der Waals surface area contributed by atoms with Gasteiger partial charge in [-0.15, -0.1) is 0 Å². The van der Waals surface area contributed by atoms with Crippen molar-refractivity contribution in [3.63, 3.8) is 0 Å². The number of carboxylic acids is 2. The molecule has 2 N–H and O–H groups in total. The summed E-state index contributed by atoms with van der Waals surface area (Å²) in [6.45, 7) is 3.50. The zero-order valence-electron chi connectivity index (χ0n) is 19.1. The van der Waals surface area contributed by atoms with Crippen LogP contribution in [0.5, 0.6) is 0 Å². The van der Waals surface area contributed by atoms with Gasteiger partial charge in [0, 0.05) is 31.5 Å². The van der Waals surface area contributed by atoms with Crippen LogP contribution in [-0.2, 0) is 32.2 Å². The number of ether oxygens (including phenoxy) is 2. The van der Waals surface area contributed by atoms with Gasteiger partial charge in [-0.05, 0) is 52.9 Å². The molecule has 4 rings (SSSR count). The maximum absolute atomic E-state index is 10.6. The SMILES string of the molecule is O=C(O)C(F)(F)F.O=C(O)C(F)(F)F.c1cc(CO[C@H]2CC[C@H]3[C@H]2OCCN3Cc2ccsc2)ccn1. The van der Waals surface area contributed by atoms with Crippen molar-refractivity contribution in [1.82, 2.24) is 9.88 Å². The molecule has 37 heavy (non-hydrogen) atoms. The Bertz CT molecular complexity index is 950. The lowest BCUT2D eigenvalue weighted by Gasteiger charge is -2.39. The number of thiophene rings is 1. The molecular weight excluding hydrogens is 534 g/mol. The molecule has 0 spiro atoms. The quantitative estimate of drug-likeness (QED) is 0.522. The molecule has 2 aliphatic rings. The molecule has 0 aromatic carbocycles. The molecule has 0 amide bonds. The van der Waals surface area contributed by atoms with Gasteiger partial charge in [-0.3, -0.25) is 9.88 Å². The fourth-order valence-electron chi connectivity index (χ4n) is 3.67. The third-order valence-electron chi connectivity index (χ3n) is 5.31. The summed E-state index contributed by atoms with van der Waals surface area (Å²) in [5.74, 6) is -5.51. The summed E-state index contributed by atoms with van der Waals surface area (Å²) >= 11 is 1.77. The standard InChI is InChI=1S/C18H22N2O2S.2C2HF3O2/c1-2-17(22-12-14-3-6-19-7-4-14)18-16(1)20(8-9-21-18)11-15-5-10-23-13-15;2*3-2(4,5)1(6)7/h3-7,10,13,16-18H,1-2,8-9,11-12H2;2*(H,6,7)/t16-,17-,18+;;/m0../s1. The largest absolute Gasteiger partial charge is 0.490 e. The average Bonchev–Trinajstić information content (AvgIpc) is 3.48. The summed E-state index contributed by atoms with van der Waals surface area (Å²) in [5.41, 5.74) is 2.59. The first-order valence-corrected chi connectivity index (χ1v) is 11.7. The van der Waals surface area contributed by atoms with Crippen LogP contribution in [0.25, 0.3) is 0 Å². The van der Waals surface area contributed by atoms with Gasteiger partial charge in [0.1, 0.15) is 0 Å². The first-order valence-electron chi connectivity index (χ1n) is 10.8. The van der Waals surface area contributed by atoms with Gasteiger partial charge >= 0.3 is 24.3 Å². The van der Waals surface area contributed by atoms with E-state index in [1.807, 2.05) is 24.5 Å². The molecule has 206 valence electrons. The van der Waals surface area contributed by atoms with Crippen LogP contribution in [0, 0.1) is 0 Å². The number of aliphatic carboxylic acids is 2. The highest BCUT2D eigenvalue weighted by molar-refractivity contribution is 7.07. The second-order valence-electron chi connectivity index (χ2n) is 7.89. The lowest BCUT2D eigenvalue weighted by molar-refractivity contribution is -0.193. The Balaban J connectivity index is 0.000000286. The summed E-state index contributed by atoms with van der Waals surface area (Å²) in [7, 11) is 0. The Hall–Kier alpha value is -2.75. The Kier molecular flexibility index (Phi) is 11.3. The highest BCUT2D eigenvalue weighted by atomic mass is 32.1. The first kappa shape index (κ1) is 30.5. The Labute approximate surface area is 211 Å². The molecule has 1 aliphatic heterocycles. The van der Waals surface area contributed by atoms with E-state index in [2.05, 4.69) is 26.7 Å². The second kappa shape index (κ2) is 13.7. The van der Waals surface area contributed by atoms with Gasteiger partial charge in [-0.2, -0.15) is 37.7 Å². The molecule has 3 heterocycles. The van der Waals surface area contributed by atoms with E-state index in [-0.39, 0.29) is 12.2 Å². The van der Waals surface area contributed by atoms with Crippen molar-refractivity contribution < 1.29 is 55.6 Å². The maximum atomic E-state index is 10.6. The van der Waals surface area contributed by atoms with Gasteiger partial charge in [0.05, 0.1) is 25.4 Å². The molecule has 1 saturated carbocycles. The van der Waals surface area contributed by atoms with E-state index in [0.29, 0.717) is 12.6 Å². The van der Waals surface area contributed by atoms with Crippen LogP contribution < -0.4 is 0 Å². The van der Waals surface area contributed by atoms with Crippen LogP contribution in [0.4, 0.5) is 26.3 Å². The molecule has 2 aromatic heterocycles. The van der Waals surface area contributed by atoms with Gasteiger partial charge in [-0.1, -0.05) is 0 Å². The number of pyridine rings is 1. The van der Waals surface area contributed by atoms with Crippen LogP contribution in [0.2, 0.25) is 0 Å². The predicted molar refractivity (Wildman–Crippen MR) is 118 cm³/mol. The molecule has 3 atom stereocenters. The molecule has 1 saturated heterocycles. The normalized spacial score (nSPS) is 21.6. The lowest BCUT2D eigenvalue weighted by atomic mass is 10.1. The minimum Gasteiger partial charge on any atom is -0.475 e. The smallest absolute Gasteiger partial charge is 0.475 e. The minimum atomic E-state index is -5.08. The van der Waals surface area contributed by atoms with Crippen LogP contribution in [0.15, 0.2) is 41.4 Å². The number of halogens is 6. The van der Waals surface area contributed by atoms with E-state index in [4.69, 9.17) is 29.3 Å². The highest BCUT2D eigenvalue weighted by Gasteiger charge is 2.43. The maximum Gasteiger partial charge on any atom is 0.490 e. The Morgan fingerprint density at radius 3 is 2.14 bits per heavy atom. The van der Waals surface area contributed by atoms with Crippen molar-refractivity contribution in [3.8, 4) is 0 Å². The monoisotopic (exact) mass is 558 g/mol. The topological polar surface area (TPSA) is 109 Å². The van der Waals surface area contributed by atoms with Crippen LogP contribution in [-0.4, -0.2) is 75.8 Å². The third kappa shape index (κ3) is 10.3. The molecular formula is C22H24F6N2O6S. The summed E-state index contributed by atoms with van der Waals surface area (Å²) < 4.78 is 75.7. The van der Waals surface area contributed by atoms with E-state index >= 15 is 0 Å². The van der Waals surface area contributed by atoms with Gasteiger partial charge in [-0.25, -0.2) is 9.59 Å². The van der Waals surface area contributed by atoms with Crippen LogP contribution >= 0.6 is 11.3 Å². The number of nitrogens with zero attached hydrogens (tertiary/aromatic N) is 2. The van der Waals surface area contributed by atoms with Gasteiger partial charge in [0.15, 0.2) is 0 Å². The average molecular weight is 558 g/mol. The van der Waals surface area contributed by atoms with E-state index in [1.54, 1.807) is 11.3 Å². The summed E-state index contributed by atoms with van der Waals surface area (Å²) in [5, 5.41) is 18.7. The van der Waals surface area contributed by atoms with E-state index in [9.17, 15) is 26.3 Å². The number of hydrogen-bond donors (Lipinski definition) is 2. The van der Waals surface area contributed by atoms with Crippen molar-refractivity contribution in [2.45, 2.75) is 56.6 Å². The number of carbonyl (C=O) groups is 2.